The van der Waals surface area contributed by atoms with E-state index in [0.717, 1.165) is 12.8 Å². The lowest BCUT2D eigenvalue weighted by Crippen LogP contribution is -2.09. The molecular formula is C13H15F3O2. The standard InChI is InChI=1S/C13H15F3O2/c14-10-7-12(16)11(15)6-9(10)13(17)4-3-8-2-1-5-18-8/h6-8,13,17H,1-5H2. The zero-order valence-corrected chi connectivity index (χ0v) is 9.83. The van der Waals surface area contributed by atoms with Crippen LogP contribution in [0.4, 0.5) is 13.2 Å². The predicted molar refractivity (Wildman–Crippen MR) is 59.5 cm³/mol. The highest BCUT2D eigenvalue weighted by Gasteiger charge is 2.20. The van der Waals surface area contributed by atoms with E-state index in [9.17, 15) is 18.3 Å². The lowest BCUT2D eigenvalue weighted by atomic mass is 10.0. The van der Waals surface area contributed by atoms with Gasteiger partial charge in [0.1, 0.15) is 5.82 Å². The van der Waals surface area contributed by atoms with Crippen molar-refractivity contribution in [2.45, 2.75) is 37.9 Å². The second-order valence-electron chi connectivity index (χ2n) is 4.52. The van der Waals surface area contributed by atoms with Crippen LogP contribution in [0.5, 0.6) is 0 Å². The van der Waals surface area contributed by atoms with Crippen molar-refractivity contribution in [2.24, 2.45) is 0 Å². The molecule has 0 aromatic heterocycles. The topological polar surface area (TPSA) is 29.5 Å². The number of hydrogen-bond donors (Lipinski definition) is 1. The van der Waals surface area contributed by atoms with E-state index in [4.69, 9.17) is 4.74 Å². The summed E-state index contributed by atoms with van der Waals surface area (Å²) in [6.07, 6.45) is 1.71. The zero-order chi connectivity index (χ0) is 13.1. The minimum atomic E-state index is -1.25. The first-order valence-corrected chi connectivity index (χ1v) is 6.02. The Labute approximate surface area is 103 Å². The number of halogens is 3. The van der Waals surface area contributed by atoms with Gasteiger partial charge in [-0.1, -0.05) is 0 Å². The van der Waals surface area contributed by atoms with E-state index in [1.165, 1.54) is 0 Å². The molecule has 0 radical (unpaired) electrons. The summed E-state index contributed by atoms with van der Waals surface area (Å²) < 4.78 is 44.5. The summed E-state index contributed by atoms with van der Waals surface area (Å²) in [5.41, 5.74) is -0.202. The number of benzene rings is 1. The highest BCUT2D eigenvalue weighted by atomic mass is 19.2. The van der Waals surface area contributed by atoms with E-state index in [-0.39, 0.29) is 18.1 Å². The average Bonchev–Trinajstić information content (AvgIpc) is 2.84. The third kappa shape index (κ3) is 3.03. The van der Waals surface area contributed by atoms with Crippen LogP contribution in [0, 0.1) is 17.5 Å². The summed E-state index contributed by atoms with van der Waals surface area (Å²) in [6.45, 7) is 0.709. The molecule has 0 aliphatic carbocycles. The molecule has 100 valence electrons. The first-order valence-electron chi connectivity index (χ1n) is 6.02. The molecule has 1 aliphatic rings. The Hall–Kier alpha value is -1.07. The Morgan fingerprint density at radius 1 is 1.22 bits per heavy atom. The molecule has 1 aliphatic heterocycles. The average molecular weight is 260 g/mol. The van der Waals surface area contributed by atoms with Crippen molar-refractivity contribution in [1.82, 2.24) is 0 Å². The van der Waals surface area contributed by atoms with Gasteiger partial charge in [0.2, 0.25) is 0 Å². The molecular weight excluding hydrogens is 245 g/mol. The largest absolute Gasteiger partial charge is 0.388 e. The first kappa shape index (κ1) is 13.4. The molecule has 1 aromatic carbocycles. The fourth-order valence-corrected chi connectivity index (χ4v) is 2.16. The van der Waals surface area contributed by atoms with E-state index in [1.54, 1.807) is 0 Å². The normalized spacial score (nSPS) is 21.2. The van der Waals surface area contributed by atoms with Crippen molar-refractivity contribution in [3.63, 3.8) is 0 Å². The summed E-state index contributed by atoms with van der Waals surface area (Å²) in [5.74, 6) is -3.32. The molecule has 1 saturated heterocycles. The maximum atomic E-state index is 13.4. The van der Waals surface area contributed by atoms with Gasteiger partial charge in [0.25, 0.3) is 0 Å². The van der Waals surface area contributed by atoms with Gasteiger partial charge in [0.05, 0.1) is 12.2 Å². The zero-order valence-electron chi connectivity index (χ0n) is 9.83. The van der Waals surface area contributed by atoms with Gasteiger partial charge in [0.15, 0.2) is 11.6 Å². The van der Waals surface area contributed by atoms with Crippen LogP contribution in [-0.2, 0) is 4.74 Å². The molecule has 1 heterocycles. The van der Waals surface area contributed by atoms with E-state index in [1.807, 2.05) is 0 Å². The number of hydrogen-bond acceptors (Lipinski definition) is 2. The Kier molecular flexibility index (Phi) is 4.24. The minimum absolute atomic E-state index is 0.0769. The molecule has 0 amide bonds. The molecule has 2 rings (SSSR count). The van der Waals surface area contributed by atoms with Crippen LogP contribution >= 0.6 is 0 Å². The second-order valence-corrected chi connectivity index (χ2v) is 4.52. The third-order valence-corrected chi connectivity index (χ3v) is 3.18. The molecule has 1 fully saturated rings. The molecule has 2 unspecified atom stereocenters. The molecule has 2 nitrogen and oxygen atoms in total. The van der Waals surface area contributed by atoms with Gasteiger partial charge < -0.3 is 9.84 Å². The van der Waals surface area contributed by atoms with E-state index in [2.05, 4.69) is 0 Å². The predicted octanol–water partition coefficient (Wildman–Crippen LogP) is 3.10. The molecule has 0 bridgehead atoms. The summed E-state index contributed by atoms with van der Waals surface area (Å²) >= 11 is 0. The van der Waals surface area contributed by atoms with Gasteiger partial charge in [-0.15, -0.1) is 0 Å². The monoisotopic (exact) mass is 260 g/mol. The van der Waals surface area contributed by atoms with E-state index < -0.39 is 23.6 Å². The van der Waals surface area contributed by atoms with Crippen LogP contribution in [0.15, 0.2) is 12.1 Å². The van der Waals surface area contributed by atoms with E-state index >= 15 is 0 Å². The van der Waals surface area contributed by atoms with Crippen molar-refractivity contribution in [1.29, 1.82) is 0 Å². The Morgan fingerprint density at radius 2 is 1.94 bits per heavy atom. The van der Waals surface area contributed by atoms with Gasteiger partial charge in [-0.05, 0) is 31.7 Å². The van der Waals surface area contributed by atoms with Crippen LogP contribution in [-0.4, -0.2) is 17.8 Å². The minimum Gasteiger partial charge on any atom is -0.388 e. The molecule has 5 heteroatoms. The van der Waals surface area contributed by atoms with Crippen LogP contribution in [0.1, 0.15) is 37.4 Å². The van der Waals surface area contributed by atoms with Crippen molar-refractivity contribution in [3.8, 4) is 0 Å². The Morgan fingerprint density at radius 3 is 2.61 bits per heavy atom. The maximum Gasteiger partial charge on any atom is 0.161 e. The molecule has 2 atom stereocenters. The molecule has 1 N–H and O–H groups in total. The van der Waals surface area contributed by atoms with Crippen molar-refractivity contribution in [3.05, 3.63) is 35.1 Å². The maximum absolute atomic E-state index is 13.4. The van der Waals surface area contributed by atoms with Gasteiger partial charge in [-0.25, -0.2) is 13.2 Å². The molecule has 1 aromatic rings. The summed E-state index contributed by atoms with van der Waals surface area (Å²) in [7, 11) is 0. The molecule has 18 heavy (non-hydrogen) atoms. The quantitative estimate of drug-likeness (QED) is 0.843. The summed E-state index contributed by atoms with van der Waals surface area (Å²) in [5, 5.41) is 9.79. The van der Waals surface area contributed by atoms with Crippen molar-refractivity contribution in [2.75, 3.05) is 6.61 Å². The lowest BCUT2D eigenvalue weighted by Gasteiger charge is -2.15. The highest BCUT2D eigenvalue weighted by Crippen LogP contribution is 2.26. The van der Waals surface area contributed by atoms with Crippen LogP contribution in [0.2, 0.25) is 0 Å². The van der Waals surface area contributed by atoms with E-state index in [0.29, 0.717) is 25.2 Å². The number of ether oxygens (including phenoxy) is 1. The van der Waals surface area contributed by atoms with Gasteiger partial charge >= 0.3 is 0 Å². The Bertz CT molecular complexity index is 417. The third-order valence-electron chi connectivity index (χ3n) is 3.18. The smallest absolute Gasteiger partial charge is 0.161 e. The van der Waals surface area contributed by atoms with Gasteiger partial charge in [-0.2, -0.15) is 0 Å². The summed E-state index contributed by atoms with van der Waals surface area (Å²) in [6, 6.07) is 1.17. The van der Waals surface area contributed by atoms with Gasteiger partial charge in [0, 0.05) is 18.2 Å². The Balaban J connectivity index is 1.99. The number of rotatable bonds is 4. The van der Waals surface area contributed by atoms with Crippen molar-refractivity contribution >= 4 is 0 Å². The lowest BCUT2D eigenvalue weighted by molar-refractivity contribution is 0.0802. The van der Waals surface area contributed by atoms with Crippen LogP contribution in [0.25, 0.3) is 0 Å². The van der Waals surface area contributed by atoms with Crippen LogP contribution in [0.3, 0.4) is 0 Å². The first-order chi connectivity index (χ1) is 8.58. The fourth-order valence-electron chi connectivity index (χ4n) is 2.16. The van der Waals surface area contributed by atoms with Crippen molar-refractivity contribution < 1.29 is 23.0 Å². The second kappa shape index (κ2) is 5.71. The summed E-state index contributed by atoms with van der Waals surface area (Å²) in [4.78, 5) is 0. The number of aliphatic hydroxyl groups is 1. The molecule has 0 saturated carbocycles. The SMILES string of the molecule is OC(CCC1CCCO1)c1cc(F)c(F)cc1F. The number of aliphatic hydroxyl groups excluding tert-OH is 1. The fraction of sp³-hybridized carbons (Fsp3) is 0.538. The highest BCUT2D eigenvalue weighted by molar-refractivity contribution is 5.22. The van der Waals surface area contributed by atoms with Gasteiger partial charge in [-0.3, -0.25) is 0 Å². The van der Waals surface area contributed by atoms with Crippen LogP contribution < -0.4 is 0 Å². The molecule has 0 spiro atoms.